The maximum atomic E-state index is 10.8. The summed E-state index contributed by atoms with van der Waals surface area (Å²) in [5.74, 6) is 0.158. The Morgan fingerprint density at radius 1 is 1.04 bits per heavy atom. The molecule has 2 heterocycles. The van der Waals surface area contributed by atoms with Crippen molar-refractivity contribution >= 4 is 45.7 Å². The number of aromatic nitrogens is 1. The van der Waals surface area contributed by atoms with Crippen molar-refractivity contribution in [2.75, 3.05) is 5.32 Å². The van der Waals surface area contributed by atoms with Crippen LogP contribution in [-0.4, -0.2) is 10.1 Å². The Morgan fingerprint density at radius 3 is 2.38 bits per heavy atom. The zero-order chi connectivity index (χ0) is 16.9. The second kappa shape index (κ2) is 7.38. The predicted molar refractivity (Wildman–Crippen MR) is 104 cm³/mol. The standard InChI is InChI=1S/C19H16N2OS2/c1-14-7-9-15(10-8-14)20-19(23)17(21-11-3-2-4-12-21)18(22)16-6-5-13-24-16/h2-13H,1H3,(H-,20,22,23)/p+1. The van der Waals surface area contributed by atoms with Crippen LogP contribution >= 0.6 is 23.6 Å². The van der Waals surface area contributed by atoms with Gasteiger partial charge in [-0.15, -0.1) is 11.3 Å². The Hall–Kier alpha value is -2.50. The third kappa shape index (κ3) is 3.69. The highest BCUT2D eigenvalue weighted by Crippen LogP contribution is 2.22. The minimum absolute atomic E-state index is 0.158. The summed E-state index contributed by atoms with van der Waals surface area (Å²) in [6, 6.07) is 17.5. The van der Waals surface area contributed by atoms with Crippen molar-refractivity contribution in [3.8, 4) is 0 Å². The summed E-state index contributed by atoms with van der Waals surface area (Å²) in [5.41, 5.74) is 2.62. The van der Waals surface area contributed by atoms with Crippen LogP contribution < -0.4 is 9.88 Å². The van der Waals surface area contributed by atoms with E-state index in [4.69, 9.17) is 12.2 Å². The molecule has 0 fully saturated rings. The van der Waals surface area contributed by atoms with Gasteiger partial charge in [0, 0.05) is 17.8 Å². The number of rotatable bonds is 4. The number of aliphatic hydroxyl groups excluding tert-OH is 1. The van der Waals surface area contributed by atoms with Crippen molar-refractivity contribution in [1.82, 2.24) is 0 Å². The van der Waals surface area contributed by atoms with Crippen molar-refractivity contribution in [3.63, 3.8) is 0 Å². The minimum atomic E-state index is 0.158. The van der Waals surface area contributed by atoms with E-state index in [0.29, 0.717) is 10.7 Å². The fraction of sp³-hybridized carbons (Fsp3) is 0.0526. The largest absolute Gasteiger partial charge is 0.501 e. The van der Waals surface area contributed by atoms with Crippen LogP contribution in [0.2, 0.25) is 0 Å². The van der Waals surface area contributed by atoms with Crippen LogP contribution in [0.4, 0.5) is 5.69 Å². The summed E-state index contributed by atoms with van der Waals surface area (Å²) in [6.07, 6.45) is 3.73. The molecule has 3 aromatic rings. The Morgan fingerprint density at radius 2 is 1.75 bits per heavy atom. The molecule has 0 saturated heterocycles. The van der Waals surface area contributed by atoms with Gasteiger partial charge < -0.3 is 10.4 Å². The molecular formula is C19H17N2OS2+. The summed E-state index contributed by atoms with van der Waals surface area (Å²) in [6.45, 7) is 2.04. The van der Waals surface area contributed by atoms with Crippen molar-refractivity contribution < 1.29 is 9.67 Å². The molecule has 1 aromatic carbocycles. The number of thiocarbonyl (C=S) groups is 1. The average Bonchev–Trinajstić information content (AvgIpc) is 3.13. The van der Waals surface area contributed by atoms with Crippen LogP contribution in [-0.2, 0) is 0 Å². The number of nitrogens with one attached hydrogen (secondary N) is 1. The number of aliphatic hydroxyl groups is 1. The van der Waals surface area contributed by atoms with E-state index in [1.165, 1.54) is 16.9 Å². The van der Waals surface area contributed by atoms with Crippen molar-refractivity contribution in [3.05, 3.63) is 82.8 Å². The lowest BCUT2D eigenvalue weighted by molar-refractivity contribution is -0.575. The second-order valence-corrected chi connectivity index (χ2v) is 6.63. The maximum Gasteiger partial charge on any atom is 0.289 e. The van der Waals surface area contributed by atoms with E-state index in [-0.39, 0.29) is 5.76 Å². The van der Waals surface area contributed by atoms with E-state index in [1.807, 2.05) is 83.9 Å². The van der Waals surface area contributed by atoms with E-state index in [0.717, 1.165) is 10.6 Å². The molecule has 0 aliphatic carbocycles. The quantitative estimate of drug-likeness (QED) is 0.310. The van der Waals surface area contributed by atoms with Gasteiger partial charge in [0.1, 0.15) is 0 Å². The van der Waals surface area contributed by atoms with E-state index in [1.54, 1.807) is 0 Å². The predicted octanol–water partition coefficient (Wildman–Crippen LogP) is 4.67. The first-order valence-electron chi connectivity index (χ1n) is 7.47. The molecule has 3 nitrogen and oxygen atoms in total. The molecule has 5 heteroatoms. The van der Waals surface area contributed by atoms with Gasteiger partial charge >= 0.3 is 0 Å². The molecule has 0 unspecified atom stereocenters. The van der Waals surface area contributed by atoms with Crippen LogP contribution in [0.25, 0.3) is 11.5 Å². The highest BCUT2D eigenvalue weighted by atomic mass is 32.1. The second-order valence-electron chi connectivity index (χ2n) is 5.28. The topological polar surface area (TPSA) is 36.1 Å². The van der Waals surface area contributed by atoms with E-state index in [9.17, 15) is 5.11 Å². The number of thiophene rings is 1. The lowest BCUT2D eigenvalue weighted by Crippen LogP contribution is -2.38. The van der Waals surface area contributed by atoms with Crippen molar-refractivity contribution in [2.24, 2.45) is 0 Å². The van der Waals surface area contributed by atoms with Gasteiger partial charge in [0.25, 0.3) is 5.70 Å². The molecule has 120 valence electrons. The normalized spacial score (nSPS) is 11.7. The fourth-order valence-corrected chi connectivity index (χ4v) is 3.24. The Labute approximate surface area is 150 Å². The number of benzene rings is 1. The lowest BCUT2D eigenvalue weighted by atomic mass is 10.2. The number of pyridine rings is 1. The summed E-state index contributed by atoms with van der Waals surface area (Å²) in [4.78, 5) is 1.23. The first-order chi connectivity index (χ1) is 11.6. The highest BCUT2D eigenvalue weighted by Gasteiger charge is 2.24. The third-order valence-corrected chi connectivity index (χ3v) is 4.65. The molecule has 2 aromatic heterocycles. The zero-order valence-electron chi connectivity index (χ0n) is 13.1. The maximum absolute atomic E-state index is 10.8. The third-order valence-electron chi connectivity index (χ3n) is 3.48. The molecule has 0 amide bonds. The monoisotopic (exact) mass is 353 g/mol. The molecule has 0 aliphatic rings. The van der Waals surface area contributed by atoms with Crippen molar-refractivity contribution in [2.45, 2.75) is 6.92 Å². The smallest absolute Gasteiger partial charge is 0.289 e. The molecule has 0 bridgehead atoms. The van der Waals surface area contributed by atoms with Gasteiger partial charge in [-0.3, -0.25) is 0 Å². The summed E-state index contributed by atoms with van der Waals surface area (Å²) < 4.78 is 1.82. The van der Waals surface area contributed by atoms with Crippen LogP contribution in [0.15, 0.2) is 72.4 Å². The first-order valence-corrected chi connectivity index (χ1v) is 8.76. The van der Waals surface area contributed by atoms with Gasteiger partial charge in [0.2, 0.25) is 5.76 Å². The van der Waals surface area contributed by atoms with Gasteiger partial charge in [-0.25, -0.2) is 0 Å². The Bertz CT molecular complexity index is 854. The average molecular weight is 353 g/mol. The summed E-state index contributed by atoms with van der Waals surface area (Å²) in [5, 5.41) is 15.9. The molecule has 2 N–H and O–H groups in total. The van der Waals surface area contributed by atoms with E-state index >= 15 is 0 Å². The number of anilines is 1. The molecule has 24 heavy (non-hydrogen) atoms. The van der Waals surface area contributed by atoms with Crippen LogP contribution in [0.1, 0.15) is 10.4 Å². The van der Waals surface area contributed by atoms with Crippen LogP contribution in [0, 0.1) is 6.92 Å². The molecule has 0 atom stereocenters. The minimum Gasteiger partial charge on any atom is -0.501 e. The zero-order valence-corrected chi connectivity index (χ0v) is 14.8. The molecule has 0 aliphatic heterocycles. The SMILES string of the molecule is Cc1ccc(NC(=S)/C(=C(\O)c2cccs2)[n+]2ccccc2)cc1. The van der Waals surface area contributed by atoms with Crippen molar-refractivity contribution in [1.29, 1.82) is 0 Å². The molecule has 0 saturated carbocycles. The van der Waals surface area contributed by atoms with Gasteiger partial charge in [0.15, 0.2) is 17.4 Å². The van der Waals surface area contributed by atoms with Crippen LogP contribution in [0.5, 0.6) is 0 Å². The highest BCUT2D eigenvalue weighted by molar-refractivity contribution is 7.81. The number of hydrogen-bond acceptors (Lipinski definition) is 3. The molecular weight excluding hydrogens is 336 g/mol. The van der Waals surface area contributed by atoms with Gasteiger partial charge in [0.05, 0.1) is 4.88 Å². The lowest BCUT2D eigenvalue weighted by Gasteiger charge is -2.09. The number of hydrogen-bond donors (Lipinski definition) is 2. The number of aryl methyl sites for hydroxylation is 1. The van der Waals surface area contributed by atoms with E-state index < -0.39 is 0 Å². The Kier molecular flexibility index (Phi) is 5.03. The molecule has 0 radical (unpaired) electrons. The van der Waals surface area contributed by atoms with Crippen LogP contribution in [0.3, 0.4) is 0 Å². The van der Waals surface area contributed by atoms with Gasteiger partial charge in [-0.2, -0.15) is 4.57 Å². The summed E-state index contributed by atoms with van der Waals surface area (Å²) >= 11 is 7.05. The molecule has 3 rings (SSSR count). The Balaban J connectivity index is 2.00. The summed E-state index contributed by atoms with van der Waals surface area (Å²) in [7, 11) is 0. The number of nitrogens with zero attached hydrogens (tertiary/aromatic N) is 1. The molecule has 0 spiro atoms. The van der Waals surface area contributed by atoms with Gasteiger partial charge in [-0.1, -0.05) is 42.0 Å². The van der Waals surface area contributed by atoms with Gasteiger partial charge in [-0.05, 0) is 30.5 Å². The van der Waals surface area contributed by atoms with E-state index in [2.05, 4.69) is 5.32 Å². The first kappa shape index (κ1) is 16.4. The fourth-order valence-electron chi connectivity index (χ4n) is 2.25.